The molecule has 0 aromatic heterocycles. The Kier molecular flexibility index (Phi) is 4.22. The van der Waals surface area contributed by atoms with Gasteiger partial charge in [0.25, 0.3) is 0 Å². The summed E-state index contributed by atoms with van der Waals surface area (Å²) in [6.45, 7) is 1.49. The van der Waals surface area contributed by atoms with Gasteiger partial charge >= 0.3 is 11.9 Å². The van der Waals surface area contributed by atoms with E-state index in [1.165, 1.54) is 0 Å². The zero-order valence-corrected chi connectivity index (χ0v) is 13.1. The van der Waals surface area contributed by atoms with E-state index in [9.17, 15) is 19.8 Å². The molecule has 1 heterocycles. The number of benzene rings is 1. The van der Waals surface area contributed by atoms with Crippen molar-refractivity contribution in [2.75, 3.05) is 20.1 Å². The Bertz CT molecular complexity index is 640. The first-order chi connectivity index (χ1) is 11.0. The highest BCUT2D eigenvalue weighted by Crippen LogP contribution is 2.46. The molecule has 122 valence electrons. The van der Waals surface area contributed by atoms with Crippen LogP contribution in [0.1, 0.15) is 17.9 Å². The standard InChI is InChI=1S/C18H21NO4/c1-19-8-7-12-9-13(11-5-3-2-4-6-11)15(17(20)21)16(18(22)23)14(12)10-19/h2-6,9,13-16H,7-8,10H2,1H3,(H,20,21)(H,22,23). The Morgan fingerprint density at radius 2 is 1.74 bits per heavy atom. The third-order valence-corrected chi connectivity index (χ3v) is 5.12. The molecule has 0 amide bonds. The summed E-state index contributed by atoms with van der Waals surface area (Å²) in [5.74, 6) is -4.47. The molecule has 4 atom stereocenters. The lowest BCUT2D eigenvalue weighted by Crippen LogP contribution is -2.48. The van der Waals surface area contributed by atoms with Crippen LogP contribution in [0.5, 0.6) is 0 Å². The van der Waals surface area contributed by atoms with Crippen molar-refractivity contribution < 1.29 is 19.8 Å². The van der Waals surface area contributed by atoms with Crippen molar-refractivity contribution in [3.63, 3.8) is 0 Å². The molecule has 1 aliphatic heterocycles. The molecule has 23 heavy (non-hydrogen) atoms. The second-order valence-corrected chi connectivity index (χ2v) is 6.52. The van der Waals surface area contributed by atoms with Crippen molar-refractivity contribution in [3.05, 3.63) is 47.5 Å². The van der Waals surface area contributed by atoms with Crippen LogP contribution in [0, 0.1) is 17.8 Å². The maximum Gasteiger partial charge on any atom is 0.308 e. The highest BCUT2D eigenvalue weighted by molar-refractivity contribution is 5.82. The lowest BCUT2D eigenvalue weighted by molar-refractivity contribution is -0.157. The van der Waals surface area contributed by atoms with E-state index in [1.807, 2.05) is 43.5 Å². The van der Waals surface area contributed by atoms with Gasteiger partial charge in [-0.25, -0.2) is 0 Å². The molecular weight excluding hydrogens is 294 g/mol. The Hall–Kier alpha value is -2.14. The maximum atomic E-state index is 11.9. The number of allylic oxidation sites excluding steroid dienone is 1. The fraction of sp³-hybridized carbons (Fsp3) is 0.444. The van der Waals surface area contributed by atoms with Crippen LogP contribution >= 0.6 is 0 Å². The third kappa shape index (κ3) is 2.88. The summed E-state index contributed by atoms with van der Waals surface area (Å²) in [7, 11) is 1.95. The topological polar surface area (TPSA) is 77.8 Å². The summed E-state index contributed by atoms with van der Waals surface area (Å²) in [5.41, 5.74) is 1.97. The molecule has 3 rings (SSSR count). The molecule has 1 fully saturated rings. The Labute approximate surface area is 135 Å². The monoisotopic (exact) mass is 315 g/mol. The summed E-state index contributed by atoms with van der Waals surface area (Å²) in [4.78, 5) is 25.9. The zero-order chi connectivity index (χ0) is 16.6. The molecule has 0 bridgehead atoms. The second-order valence-electron chi connectivity index (χ2n) is 6.52. The van der Waals surface area contributed by atoms with Crippen molar-refractivity contribution >= 4 is 11.9 Å². The first kappa shape index (κ1) is 15.7. The van der Waals surface area contributed by atoms with Crippen molar-refractivity contribution in [1.29, 1.82) is 0 Å². The van der Waals surface area contributed by atoms with E-state index in [2.05, 4.69) is 4.90 Å². The number of carboxylic acid groups (broad SMARTS) is 2. The van der Waals surface area contributed by atoms with E-state index in [4.69, 9.17) is 0 Å². The average molecular weight is 315 g/mol. The van der Waals surface area contributed by atoms with Crippen LogP contribution in [-0.4, -0.2) is 47.2 Å². The highest BCUT2D eigenvalue weighted by Gasteiger charge is 2.49. The normalized spacial score (nSPS) is 31.1. The minimum absolute atomic E-state index is 0.215. The average Bonchev–Trinajstić information content (AvgIpc) is 2.53. The minimum Gasteiger partial charge on any atom is -0.481 e. The molecule has 5 heteroatoms. The van der Waals surface area contributed by atoms with Gasteiger partial charge in [0.2, 0.25) is 0 Å². The lowest BCUT2D eigenvalue weighted by atomic mass is 9.63. The van der Waals surface area contributed by atoms with Crippen LogP contribution in [0.3, 0.4) is 0 Å². The number of nitrogens with zero attached hydrogens (tertiary/aromatic N) is 1. The van der Waals surface area contributed by atoms with Gasteiger partial charge in [-0.2, -0.15) is 0 Å². The van der Waals surface area contributed by atoms with Crippen LogP contribution in [0.25, 0.3) is 0 Å². The van der Waals surface area contributed by atoms with Gasteiger partial charge in [0.15, 0.2) is 0 Å². The predicted molar refractivity (Wildman–Crippen MR) is 85.1 cm³/mol. The van der Waals surface area contributed by atoms with E-state index in [-0.39, 0.29) is 11.8 Å². The summed E-state index contributed by atoms with van der Waals surface area (Å²) in [5, 5.41) is 19.5. The second kappa shape index (κ2) is 6.16. The van der Waals surface area contributed by atoms with E-state index >= 15 is 0 Å². The lowest BCUT2D eigenvalue weighted by Gasteiger charge is -2.43. The van der Waals surface area contributed by atoms with Gasteiger partial charge in [-0.05, 0) is 19.0 Å². The van der Waals surface area contributed by atoms with Crippen molar-refractivity contribution in [3.8, 4) is 0 Å². The number of piperidine rings is 1. The number of hydrogen-bond acceptors (Lipinski definition) is 3. The number of rotatable bonds is 3. The van der Waals surface area contributed by atoms with Crippen LogP contribution < -0.4 is 0 Å². The predicted octanol–water partition coefficient (Wildman–Crippen LogP) is 2.06. The molecule has 1 aromatic rings. The number of fused-ring (bicyclic) bond motifs is 1. The number of hydrogen-bond donors (Lipinski definition) is 2. The quantitative estimate of drug-likeness (QED) is 0.835. The molecule has 5 nitrogen and oxygen atoms in total. The van der Waals surface area contributed by atoms with Crippen molar-refractivity contribution in [2.24, 2.45) is 17.8 Å². The van der Waals surface area contributed by atoms with Crippen molar-refractivity contribution in [1.82, 2.24) is 4.90 Å². The zero-order valence-electron chi connectivity index (χ0n) is 13.1. The van der Waals surface area contributed by atoms with Crippen LogP contribution in [0.4, 0.5) is 0 Å². The SMILES string of the molecule is CN1CCC2=CC(c3ccccc3)C(C(=O)O)C(C(=O)O)C2C1. The molecule has 0 spiro atoms. The van der Waals surface area contributed by atoms with Gasteiger partial charge in [0.1, 0.15) is 0 Å². The smallest absolute Gasteiger partial charge is 0.308 e. The molecular formula is C18H21NO4. The summed E-state index contributed by atoms with van der Waals surface area (Å²) < 4.78 is 0. The molecule has 2 N–H and O–H groups in total. The number of carbonyl (C=O) groups is 2. The fourth-order valence-electron chi connectivity index (χ4n) is 4.02. The first-order valence-electron chi connectivity index (χ1n) is 7.88. The number of aliphatic carboxylic acids is 2. The molecule has 0 saturated carbocycles. The number of likely N-dealkylation sites (tertiary alicyclic amines) is 1. The van der Waals surface area contributed by atoms with Gasteiger partial charge in [0.05, 0.1) is 11.8 Å². The molecule has 4 unspecified atom stereocenters. The molecule has 1 aromatic carbocycles. The number of carboxylic acids is 2. The summed E-state index contributed by atoms with van der Waals surface area (Å²) >= 11 is 0. The highest BCUT2D eigenvalue weighted by atomic mass is 16.4. The Morgan fingerprint density at radius 1 is 1.09 bits per heavy atom. The van der Waals surface area contributed by atoms with E-state index < -0.39 is 23.8 Å². The molecule has 0 radical (unpaired) electrons. The minimum atomic E-state index is -1.03. The summed E-state index contributed by atoms with van der Waals surface area (Å²) in [6.07, 6.45) is 2.83. The fourth-order valence-corrected chi connectivity index (χ4v) is 4.02. The van der Waals surface area contributed by atoms with Crippen molar-refractivity contribution in [2.45, 2.75) is 12.3 Å². The van der Waals surface area contributed by atoms with Gasteiger partial charge in [-0.3, -0.25) is 9.59 Å². The largest absolute Gasteiger partial charge is 0.481 e. The van der Waals surface area contributed by atoms with Gasteiger partial charge in [-0.15, -0.1) is 0 Å². The Balaban J connectivity index is 2.09. The van der Waals surface area contributed by atoms with Gasteiger partial charge in [-0.1, -0.05) is 42.0 Å². The van der Waals surface area contributed by atoms with Gasteiger partial charge in [0, 0.05) is 24.9 Å². The first-order valence-corrected chi connectivity index (χ1v) is 7.88. The van der Waals surface area contributed by atoms with Crippen LogP contribution in [0.2, 0.25) is 0 Å². The van der Waals surface area contributed by atoms with E-state index in [0.29, 0.717) is 6.54 Å². The Morgan fingerprint density at radius 3 is 2.35 bits per heavy atom. The van der Waals surface area contributed by atoms with Gasteiger partial charge < -0.3 is 15.1 Å². The maximum absolute atomic E-state index is 11.9. The molecule has 2 aliphatic rings. The van der Waals surface area contributed by atoms with E-state index in [1.54, 1.807) is 0 Å². The van der Waals surface area contributed by atoms with Crippen LogP contribution in [-0.2, 0) is 9.59 Å². The summed E-state index contributed by atoms with van der Waals surface area (Å²) in [6, 6.07) is 9.37. The molecule has 1 saturated heterocycles. The van der Waals surface area contributed by atoms with Crippen LogP contribution in [0.15, 0.2) is 42.0 Å². The molecule has 1 aliphatic carbocycles. The third-order valence-electron chi connectivity index (χ3n) is 5.12. The van der Waals surface area contributed by atoms with E-state index in [0.717, 1.165) is 24.1 Å².